The smallest absolute Gasteiger partial charge is 0.410 e. The van der Waals surface area contributed by atoms with Gasteiger partial charge in [0.1, 0.15) is 35.4 Å². The normalized spacial score (nSPS) is 28.1. The lowest BCUT2D eigenvalue weighted by molar-refractivity contribution is -0.140. The van der Waals surface area contributed by atoms with Crippen molar-refractivity contribution in [2.45, 2.75) is 113 Å². The first kappa shape index (κ1) is 36.8. The summed E-state index contributed by atoms with van der Waals surface area (Å²) in [6, 6.07) is 6.95. The standard InChI is InChI=1S/C38H45F2N5O7S/c1-23-15-26(39)17-27(16-23)41-31-12-7-5-3-4-6-10-25-19-38(25,35(48)43-53(50,51)37(2)13-14-37)42-33(46)32-18-28(21-45(32)34(31)47)52-36(49)44-20-24-9-8-11-30(40)29(24)22-44/h6,8-11,15-17,25,28,31-32,41H,3-5,7,12-14,18-22H2,1-2H3,(H,42,46)(H,43,48)/t25-,28-,31+,32+,38-/m1/s1. The van der Waals surface area contributed by atoms with E-state index in [0.717, 1.165) is 12.8 Å². The van der Waals surface area contributed by atoms with Gasteiger partial charge in [0.2, 0.25) is 21.8 Å². The predicted molar refractivity (Wildman–Crippen MR) is 190 cm³/mol. The van der Waals surface area contributed by atoms with E-state index in [1.165, 1.54) is 28.0 Å². The van der Waals surface area contributed by atoms with E-state index in [4.69, 9.17) is 4.74 Å². The van der Waals surface area contributed by atoms with E-state index in [-0.39, 0.29) is 32.5 Å². The van der Waals surface area contributed by atoms with Crippen LogP contribution in [0.25, 0.3) is 0 Å². The Kier molecular flexibility index (Phi) is 9.75. The third kappa shape index (κ3) is 7.49. The molecule has 7 rings (SSSR count). The maximum Gasteiger partial charge on any atom is 0.410 e. The summed E-state index contributed by atoms with van der Waals surface area (Å²) < 4.78 is 62.1. The summed E-state index contributed by atoms with van der Waals surface area (Å²) in [5, 5.41) is 6.00. The van der Waals surface area contributed by atoms with Gasteiger partial charge in [-0.25, -0.2) is 22.0 Å². The zero-order valence-electron chi connectivity index (χ0n) is 29.8. The molecule has 0 bridgehead atoms. The molecule has 5 atom stereocenters. The van der Waals surface area contributed by atoms with Crippen molar-refractivity contribution < 1.29 is 41.1 Å². The van der Waals surface area contributed by atoms with Gasteiger partial charge in [-0.3, -0.25) is 24.0 Å². The molecule has 0 unspecified atom stereocenters. The van der Waals surface area contributed by atoms with Crippen LogP contribution in [0.1, 0.15) is 81.4 Å². The van der Waals surface area contributed by atoms with Crippen LogP contribution in [0.2, 0.25) is 0 Å². The van der Waals surface area contributed by atoms with Crippen LogP contribution < -0.4 is 15.4 Å². The molecular weight excluding hydrogens is 709 g/mol. The van der Waals surface area contributed by atoms with Crippen molar-refractivity contribution in [1.82, 2.24) is 19.8 Å². The van der Waals surface area contributed by atoms with E-state index in [1.54, 1.807) is 32.0 Å². The van der Waals surface area contributed by atoms with Crippen molar-refractivity contribution in [1.29, 1.82) is 0 Å². The Morgan fingerprint density at radius 2 is 1.85 bits per heavy atom. The van der Waals surface area contributed by atoms with Gasteiger partial charge in [0.05, 0.1) is 17.8 Å². The molecule has 284 valence electrons. The molecule has 1 saturated heterocycles. The second kappa shape index (κ2) is 14.0. The number of rotatable bonds is 6. The van der Waals surface area contributed by atoms with Gasteiger partial charge in [0, 0.05) is 30.1 Å². The number of carbonyl (C=O) groups excluding carboxylic acids is 4. The molecule has 2 aliphatic carbocycles. The Hall–Kier alpha value is -4.53. The number of sulfonamides is 1. The Morgan fingerprint density at radius 3 is 2.58 bits per heavy atom. The highest BCUT2D eigenvalue weighted by Gasteiger charge is 2.63. The molecule has 4 amide bonds. The van der Waals surface area contributed by atoms with E-state index in [2.05, 4.69) is 15.4 Å². The van der Waals surface area contributed by atoms with Crippen LogP contribution in [0, 0.1) is 24.5 Å². The van der Waals surface area contributed by atoms with Crippen LogP contribution in [0.4, 0.5) is 19.3 Å². The predicted octanol–water partition coefficient (Wildman–Crippen LogP) is 4.57. The molecule has 3 heterocycles. The molecule has 2 aromatic carbocycles. The summed E-state index contributed by atoms with van der Waals surface area (Å²) in [6.45, 7) is 3.30. The minimum Gasteiger partial charge on any atom is -0.444 e. The Balaban J connectivity index is 1.16. The summed E-state index contributed by atoms with van der Waals surface area (Å²) >= 11 is 0. The average Bonchev–Trinajstić information content (AvgIpc) is 3.88. The Bertz CT molecular complexity index is 1950. The van der Waals surface area contributed by atoms with Crippen LogP contribution in [-0.2, 0) is 42.2 Å². The lowest BCUT2D eigenvalue weighted by Crippen LogP contribution is -2.58. The van der Waals surface area contributed by atoms with Gasteiger partial charge in [-0.05, 0) is 87.8 Å². The second-order valence-corrected chi connectivity index (χ2v) is 17.6. The minimum absolute atomic E-state index is 0.00760. The lowest BCUT2D eigenvalue weighted by atomic mass is 10.0. The van der Waals surface area contributed by atoms with Crippen LogP contribution in [0.15, 0.2) is 48.6 Å². The molecule has 53 heavy (non-hydrogen) atoms. The number of hydrogen-bond acceptors (Lipinski definition) is 8. The molecule has 5 aliphatic rings. The second-order valence-electron chi connectivity index (χ2n) is 15.4. The number of amides is 4. The number of nitrogens with zero attached hydrogens (tertiary/aromatic N) is 2. The average molecular weight is 754 g/mol. The van der Waals surface area contributed by atoms with Crippen LogP contribution >= 0.6 is 0 Å². The fraction of sp³-hybridized carbons (Fsp3) is 0.526. The summed E-state index contributed by atoms with van der Waals surface area (Å²) in [5.74, 6) is -3.37. The highest BCUT2D eigenvalue weighted by atomic mass is 32.2. The third-order valence-corrected chi connectivity index (χ3v) is 13.5. The quantitative estimate of drug-likeness (QED) is 0.363. The fourth-order valence-corrected chi connectivity index (χ4v) is 9.01. The van der Waals surface area contributed by atoms with Gasteiger partial charge < -0.3 is 20.3 Å². The number of aryl methyl sites for hydroxylation is 1. The van der Waals surface area contributed by atoms with Crippen molar-refractivity contribution in [3.63, 3.8) is 0 Å². The van der Waals surface area contributed by atoms with Gasteiger partial charge in [-0.15, -0.1) is 0 Å². The Labute approximate surface area is 307 Å². The monoisotopic (exact) mass is 753 g/mol. The number of anilines is 1. The molecule has 12 nitrogen and oxygen atoms in total. The Morgan fingerprint density at radius 1 is 1.06 bits per heavy atom. The van der Waals surface area contributed by atoms with Crippen LogP contribution in [0.3, 0.4) is 0 Å². The van der Waals surface area contributed by atoms with Gasteiger partial charge in [-0.2, -0.15) is 0 Å². The zero-order valence-corrected chi connectivity index (χ0v) is 30.6. The van der Waals surface area contributed by atoms with Crippen molar-refractivity contribution in [2.75, 3.05) is 11.9 Å². The maximum atomic E-state index is 14.5. The van der Waals surface area contributed by atoms with Crippen molar-refractivity contribution in [3.05, 3.63) is 76.9 Å². The zero-order chi connectivity index (χ0) is 37.7. The SMILES string of the molecule is Cc1cc(F)cc(N[C@H]2CCCCCC=C[C@@H]3C[C@@]3(C(=O)NS(=O)(=O)C3(C)CC3)NC(=O)[C@@H]3C[C@@H](OC(=O)N4Cc5cccc(F)c5C4)CN3C2=O)c1. The number of hydrogen-bond donors (Lipinski definition) is 3. The van der Waals surface area contributed by atoms with Gasteiger partial charge in [-0.1, -0.05) is 37.1 Å². The number of nitrogens with one attached hydrogen (secondary N) is 3. The minimum atomic E-state index is -4.01. The molecule has 2 saturated carbocycles. The van der Waals surface area contributed by atoms with E-state index >= 15 is 0 Å². The molecule has 0 spiro atoms. The van der Waals surface area contributed by atoms with E-state index in [9.17, 15) is 36.4 Å². The molecule has 2 aromatic rings. The first-order valence-electron chi connectivity index (χ1n) is 18.3. The highest BCUT2D eigenvalue weighted by molar-refractivity contribution is 7.91. The molecular formula is C38H45F2N5O7S. The first-order valence-corrected chi connectivity index (χ1v) is 19.8. The number of carbonyl (C=O) groups is 4. The highest BCUT2D eigenvalue weighted by Crippen LogP contribution is 2.47. The van der Waals surface area contributed by atoms with Crippen molar-refractivity contribution in [2.24, 2.45) is 5.92 Å². The number of allylic oxidation sites excluding steroid dienone is 1. The van der Waals surface area contributed by atoms with E-state index in [0.29, 0.717) is 54.5 Å². The molecule has 3 N–H and O–H groups in total. The molecule has 3 fully saturated rings. The first-order chi connectivity index (χ1) is 25.2. The number of fused-ring (bicyclic) bond motifs is 3. The molecule has 15 heteroatoms. The molecule has 0 aromatic heterocycles. The van der Waals surface area contributed by atoms with Gasteiger partial charge >= 0.3 is 6.09 Å². The summed E-state index contributed by atoms with van der Waals surface area (Å²) in [7, 11) is -4.01. The van der Waals surface area contributed by atoms with E-state index in [1.807, 2.05) is 12.2 Å². The third-order valence-electron chi connectivity index (χ3n) is 11.3. The van der Waals surface area contributed by atoms with Gasteiger partial charge in [0.15, 0.2) is 0 Å². The maximum absolute atomic E-state index is 14.5. The topological polar surface area (TPSA) is 154 Å². The number of benzene rings is 2. The fourth-order valence-electron chi connectivity index (χ4n) is 7.69. The molecule has 0 radical (unpaired) electrons. The summed E-state index contributed by atoms with van der Waals surface area (Å²) in [4.78, 5) is 58.6. The molecule has 3 aliphatic heterocycles. The van der Waals surface area contributed by atoms with E-state index < -0.39 is 79.9 Å². The van der Waals surface area contributed by atoms with Gasteiger partial charge in [0.25, 0.3) is 5.91 Å². The summed E-state index contributed by atoms with van der Waals surface area (Å²) in [5.41, 5.74) is 0.545. The largest absolute Gasteiger partial charge is 0.444 e. The number of ether oxygens (including phenoxy) is 1. The van der Waals surface area contributed by atoms with Crippen molar-refractivity contribution >= 4 is 39.5 Å². The number of halogens is 2. The van der Waals surface area contributed by atoms with Crippen LogP contribution in [-0.4, -0.2) is 77.1 Å². The van der Waals surface area contributed by atoms with Crippen LogP contribution in [0.5, 0.6) is 0 Å². The summed E-state index contributed by atoms with van der Waals surface area (Å²) in [6.07, 6.45) is 6.27. The van der Waals surface area contributed by atoms with Crippen molar-refractivity contribution in [3.8, 4) is 0 Å². The lowest BCUT2D eigenvalue weighted by Gasteiger charge is -2.30.